The molecule has 0 aliphatic carbocycles. The molecular formula is C18H16ClFN4O3. The molecule has 1 amide bonds. The second-order valence-corrected chi connectivity index (χ2v) is 6.18. The molecule has 0 unspecified atom stereocenters. The normalized spacial score (nSPS) is 12.0. The van der Waals surface area contributed by atoms with Crippen LogP contribution in [-0.2, 0) is 16.1 Å². The number of hydrogen-bond acceptors (Lipinski definition) is 5. The Labute approximate surface area is 159 Å². The molecule has 140 valence electrons. The molecule has 1 heterocycles. The smallest absolute Gasteiger partial charge is 0.338 e. The monoisotopic (exact) mass is 390 g/mol. The van der Waals surface area contributed by atoms with Crippen LogP contribution in [0.2, 0.25) is 5.02 Å². The zero-order valence-electron chi connectivity index (χ0n) is 14.6. The molecule has 9 heteroatoms. The van der Waals surface area contributed by atoms with Crippen molar-refractivity contribution in [1.29, 1.82) is 0 Å². The van der Waals surface area contributed by atoms with Crippen molar-refractivity contribution in [2.75, 3.05) is 5.32 Å². The molecule has 1 N–H and O–H groups in total. The van der Waals surface area contributed by atoms with E-state index in [1.54, 1.807) is 22.9 Å². The Kier molecular flexibility index (Phi) is 5.36. The Hall–Kier alpha value is -3.00. The first-order valence-corrected chi connectivity index (χ1v) is 8.57. The fraction of sp³-hybridized carbons (Fsp3) is 0.222. The zero-order chi connectivity index (χ0) is 19.6. The van der Waals surface area contributed by atoms with Crippen molar-refractivity contribution in [3.63, 3.8) is 0 Å². The van der Waals surface area contributed by atoms with Crippen LogP contribution in [0.25, 0.3) is 11.0 Å². The highest BCUT2D eigenvalue weighted by Crippen LogP contribution is 2.23. The van der Waals surface area contributed by atoms with Gasteiger partial charge in [0.15, 0.2) is 6.10 Å². The van der Waals surface area contributed by atoms with Crippen molar-refractivity contribution in [1.82, 2.24) is 15.0 Å². The van der Waals surface area contributed by atoms with Crippen molar-refractivity contribution in [3.05, 3.63) is 52.8 Å². The fourth-order valence-corrected chi connectivity index (χ4v) is 2.65. The van der Waals surface area contributed by atoms with E-state index in [9.17, 15) is 14.0 Å². The number of aryl methyl sites for hydroxylation is 1. The minimum atomic E-state index is -1.08. The number of aromatic nitrogens is 3. The van der Waals surface area contributed by atoms with Crippen molar-refractivity contribution in [3.8, 4) is 0 Å². The fourth-order valence-electron chi connectivity index (χ4n) is 2.44. The van der Waals surface area contributed by atoms with E-state index < -0.39 is 23.8 Å². The van der Waals surface area contributed by atoms with Crippen LogP contribution in [-0.4, -0.2) is 33.0 Å². The number of halogens is 2. The molecule has 0 bridgehead atoms. The summed E-state index contributed by atoms with van der Waals surface area (Å²) in [4.78, 5) is 24.5. The van der Waals surface area contributed by atoms with Crippen molar-refractivity contribution in [2.24, 2.45) is 0 Å². The summed E-state index contributed by atoms with van der Waals surface area (Å²) in [6, 6.07) is 8.43. The Morgan fingerprint density at radius 1 is 1.30 bits per heavy atom. The summed E-state index contributed by atoms with van der Waals surface area (Å²) in [5.74, 6) is -1.78. The number of esters is 1. The number of benzene rings is 2. The molecule has 0 aliphatic rings. The van der Waals surface area contributed by atoms with Gasteiger partial charge < -0.3 is 10.1 Å². The highest BCUT2D eigenvalue weighted by Gasteiger charge is 2.20. The molecule has 0 saturated heterocycles. The molecule has 1 atom stereocenters. The largest absolute Gasteiger partial charge is 0.449 e. The van der Waals surface area contributed by atoms with Crippen LogP contribution in [0, 0.1) is 5.82 Å². The maximum Gasteiger partial charge on any atom is 0.338 e. The average molecular weight is 391 g/mol. The molecule has 0 aliphatic heterocycles. The lowest BCUT2D eigenvalue weighted by Gasteiger charge is -2.14. The predicted octanol–water partition coefficient (Wildman–Crippen LogP) is 3.43. The van der Waals surface area contributed by atoms with Crippen molar-refractivity contribution >= 4 is 40.2 Å². The van der Waals surface area contributed by atoms with E-state index in [4.69, 9.17) is 16.3 Å². The summed E-state index contributed by atoms with van der Waals surface area (Å²) in [5, 5.41) is 10.5. The number of carbonyl (C=O) groups is 2. The molecule has 1 aromatic heterocycles. The topological polar surface area (TPSA) is 86.1 Å². The Morgan fingerprint density at radius 2 is 2.07 bits per heavy atom. The van der Waals surface area contributed by atoms with Gasteiger partial charge in [-0.1, -0.05) is 16.8 Å². The minimum Gasteiger partial charge on any atom is -0.449 e. The molecule has 0 radical (unpaired) electrons. The highest BCUT2D eigenvalue weighted by atomic mass is 35.5. The molecule has 3 aromatic rings. The Bertz CT molecular complexity index is 1020. The first-order chi connectivity index (χ1) is 12.9. The predicted molar refractivity (Wildman–Crippen MR) is 98.1 cm³/mol. The van der Waals surface area contributed by atoms with E-state index in [0.29, 0.717) is 12.1 Å². The van der Waals surface area contributed by atoms with Crippen LogP contribution in [0.4, 0.5) is 10.1 Å². The van der Waals surface area contributed by atoms with E-state index in [2.05, 4.69) is 15.6 Å². The Morgan fingerprint density at radius 3 is 2.78 bits per heavy atom. The first-order valence-electron chi connectivity index (χ1n) is 8.19. The van der Waals surface area contributed by atoms with Gasteiger partial charge in [0.05, 0.1) is 21.8 Å². The number of carbonyl (C=O) groups excluding carboxylic acids is 2. The number of nitrogens with one attached hydrogen (secondary N) is 1. The van der Waals surface area contributed by atoms with Gasteiger partial charge in [0.1, 0.15) is 11.3 Å². The van der Waals surface area contributed by atoms with Gasteiger partial charge in [0.25, 0.3) is 5.91 Å². The maximum atomic E-state index is 13.1. The number of anilines is 1. The van der Waals surface area contributed by atoms with Crippen LogP contribution in [0.3, 0.4) is 0 Å². The number of fused-ring (bicyclic) bond motifs is 1. The third-order valence-electron chi connectivity index (χ3n) is 3.89. The van der Waals surface area contributed by atoms with Crippen LogP contribution < -0.4 is 5.32 Å². The molecule has 0 fully saturated rings. The van der Waals surface area contributed by atoms with Gasteiger partial charge in [-0.05, 0) is 50.2 Å². The molecule has 0 spiro atoms. The van der Waals surface area contributed by atoms with E-state index in [0.717, 1.165) is 17.6 Å². The summed E-state index contributed by atoms with van der Waals surface area (Å²) < 4.78 is 20.0. The summed E-state index contributed by atoms with van der Waals surface area (Å²) in [5.41, 5.74) is 1.83. The molecule has 7 nitrogen and oxygen atoms in total. The van der Waals surface area contributed by atoms with E-state index in [1.807, 2.05) is 6.92 Å². The molecule has 27 heavy (non-hydrogen) atoms. The molecule has 3 rings (SSSR count). The van der Waals surface area contributed by atoms with E-state index in [1.165, 1.54) is 13.0 Å². The summed E-state index contributed by atoms with van der Waals surface area (Å²) >= 11 is 5.87. The van der Waals surface area contributed by atoms with Gasteiger partial charge in [0.2, 0.25) is 0 Å². The van der Waals surface area contributed by atoms with E-state index in [-0.39, 0.29) is 16.3 Å². The lowest BCUT2D eigenvalue weighted by Crippen LogP contribution is -2.30. The van der Waals surface area contributed by atoms with Gasteiger partial charge in [0, 0.05) is 6.54 Å². The first kappa shape index (κ1) is 18.8. The lowest BCUT2D eigenvalue weighted by molar-refractivity contribution is -0.123. The number of ether oxygens (including phenoxy) is 1. The van der Waals surface area contributed by atoms with Crippen molar-refractivity contribution < 1.29 is 18.7 Å². The quantitative estimate of drug-likeness (QED) is 0.674. The van der Waals surface area contributed by atoms with Gasteiger partial charge in [-0.25, -0.2) is 13.9 Å². The summed E-state index contributed by atoms with van der Waals surface area (Å²) in [7, 11) is 0. The van der Waals surface area contributed by atoms with Crippen LogP contribution in [0.5, 0.6) is 0 Å². The summed E-state index contributed by atoms with van der Waals surface area (Å²) in [6.07, 6.45) is -1.08. The Balaban J connectivity index is 1.68. The standard InChI is InChI=1S/C18H16ClFN4O3/c1-3-24-16-7-4-11(8-15(16)22-23-24)18(26)27-10(2)17(25)21-14-6-5-12(20)9-13(14)19/h4-10H,3H2,1-2H3,(H,21,25)/t10-/m0/s1. The lowest BCUT2D eigenvalue weighted by atomic mass is 10.2. The van der Waals surface area contributed by atoms with Gasteiger partial charge in [-0.2, -0.15) is 0 Å². The highest BCUT2D eigenvalue weighted by molar-refractivity contribution is 6.33. The van der Waals surface area contributed by atoms with E-state index >= 15 is 0 Å². The SMILES string of the molecule is CCn1nnc2cc(C(=O)O[C@@H](C)C(=O)Nc3ccc(F)cc3Cl)ccc21. The zero-order valence-corrected chi connectivity index (χ0v) is 15.3. The van der Waals surface area contributed by atoms with Crippen molar-refractivity contribution in [2.45, 2.75) is 26.5 Å². The number of rotatable bonds is 5. The minimum absolute atomic E-state index is 0.0475. The molecular weight excluding hydrogens is 375 g/mol. The van der Waals surface area contributed by atoms with Gasteiger partial charge in [-0.15, -0.1) is 5.10 Å². The molecule has 0 saturated carbocycles. The molecule has 2 aromatic carbocycles. The third kappa shape index (κ3) is 4.06. The third-order valence-corrected chi connectivity index (χ3v) is 4.20. The number of hydrogen-bond donors (Lipinski definition) is 1. The second-order valence-electron chi connectivity index (χ2n) is 5.77. The van der Waals surface area contributed by atoms with Crippen LogP contribution >= 0.6 is 11.6 Å². The summed E-state index contributed by atoms with van der Waals surface area (Å²) in [6.45, 7) is 4.02. The van der Waals surface area contributed by atoms with Gasteiger partial charge in [-0.3, -0.25) is 4.79 Å². The number of amides is 1. The number of nitrogens with zero attached hydrogens (tertiary/aromatic N) is 3. The average Bonchev–Trinajstić information content (AvgIpc) is 3.06. The van der Waals surface area contributed by atoms with Crippen LogP contribution in [0.15, 0.2) is 36.4 Å². The van der Waals surface area contributed by atoms with Crippen LogP contribution in [0.1, 0.15) is 24.2 Å². The van der Waals surface area contributed by atoms with Gasteiger partial charge >= 0.3 is 5.97 Å². The second kappa shape index (κ2) is 7.71. The maximum absolute atomic E-state index is 13.1.